The Hall–Kier alpha value is -2.81. The summed E-state index contributed by atoms with van der Waals surface area (Å²) in [5.41, 5.74) is -3.99. The Labute approximate surface area is 139 Å². The Bertz CT molecular complexity index is 822. The largest absolute Gasteiger partial charge is 0.431 e. The highest BCUT2D eigenvalue weighted by Crippen LogP contribution is 2.40. The number of hydrazone groups is 1. The number of carbonyl (C=O) groups excluding carboxylic acids is 1. The number of hydrogen-bond donors (Lipinski definition) is 1. The molecule has 1 N–H and O–H groups in total. The molecule has 0 saturated heterocycles. The van der Waals surface area contributed by atoms with Gasteiger partial charge >= 0.3 is 6.18 Å². The van der Waals surface area contributed by atoms with Gasteiger partial charge in [0.05, 0.1) is 6.42 Å². The summed E-state index contributed by atoms with van der Waals surface area (Å²) in [4.78, 5) is 16.3. The monoisotopic (exact) mass is 353 g/mol. The molecule has 5 nitrogen and oxygen atoms in total. The Morgan fingerprint density at radius 1 is 1.16 bits per heavy atom. The summed E-state index contributed by atoms with van der Waals surface area (Å²) < 4.78 is 52.3. The average Bonchev–Trinajstić information content (AvgIpc) is 2.94. The van der Waals surface area contributed by atoms with Crippen LogP contribution in [0.15, 0.2) is 53.8 Å². The third kappa shape index (κ3) is 3.10. The summed E-state index contributed by atoms with van der Waals surface area (Å²) in [6.07, 6.45) is -4.51. The van der Waals surface area contributed by atoms with Crippen LogP contribution in [0, 0.1) is 5.82 Å². The number of pyridine rings is 1. The van der Waals surface area contributed by atoms with E-state index in [1.165, 1.54) is 24.4 Å². The van der Waals surface area contributed by atoms with Gasteiger partial charge in [0, 0.05) is 11.8 Å². The second-order valence-electron chi connectivity index (χ2n) is 5.38. The molecule has 0 unspecified atom stereocenters. The SMILES string of the molecule is O=C(c1ccccn1)N1N=C(C(F)(F)F)C[C@@]1(O)c1ccc(F)cc1. The fourth-order valence-electron chi connectivity index (χ4n) is 2.46. The maximum Gasteiger partial charge on any atom is 0.431 e. The third-order valence-electron chi connectivity index (χ3n) is 3.70. The van der Waals surface area contributed by atoms with Crippen LogP contribution in [-0.4, -0.2) is 32.9 Å². The number of benzene rings is 1. The van der Waals surface area contributed by atoms with E-state index in [-0.39, 0.29) is 11.3 Å². The lowest BCUT2D eigenvalue weighted by atomic mass is 9.97. The van der Waals surface area contributed by atoms with Crippen molar-refractivity contribution >= 4 is 11.6 Å². The van der Waals surface area contributed by atoms with Crippen LogP contribution in [0.3, 0.4) is 0 Å². The van der Waals surface area contributed by atoms with E-state index in [0.717, 1.165) is 24.3 Å². The number of carbonyl (C=O) groups is 1. The molecule has 1 amide bonds. The first kappa shape index (κ1) is 17.0. The zero-order chi connectivity index (χ0) is 18.2. The van der Waals surface area contributed by atoms with E-state index in [0.29, 0.717) is 5.01 Å². The quantitative estimate of drug-likeness (QED) is 0.845. The minimum Gasteiger partial charge on any atom is -0.365 e. The molecule has 1 aromatic carbocycles. The predicted molar refractivity (Wildman–Crippen MR) is 78.8 cm³/mol. The highest BCUT2D eigenvalue weighted by Gasteiger charge is 2.53. The molecule has 0 spiro atoms. The number of rotatable bonds is 2. The number of hydrogen-bond acceptors (Lipinski definition) is 4. The fraction of sp³-hybridized carbons (Fsp3) is 0.188. The molecular weight excluding hydrogens is 342 g/mol. The van der Waals surface area contributed by atoms with Crippen LogP contribution in [0.1, 0.15) is 22.5 Å². The lowest BCUT2D eigenvalue weighted by Crippen LogP contribution is -2.44. The van der Waals surface area contributed by atoms with Crippen molar-refractivity contribution in [3.05, 3.63) is 65.7 Å². The molecule has 1 atom stereocenters. The van der Waals surface area contributed by atoms with Crippen molar-refractivity contribution in [2.45, 2.75) is 18.3 Å². The Kier molecular flexibility index (Phi) is 4.03. The Morgan fingerprint density at radius 2 is 1.84 bits per heavy atom. The number of amides is 1. The van der Waals surface area contributed by atoms with Crippen molar-refractivity contribution in [2.24, 2.45) is 5.10 Å². The van der Waals surface area contributed by atoms with Gasteiger partial charge in [-0.05, 0) is 24.3 Å². The van der Waals surface area contributed by atoms with Gasteiger partial charge in [-0.2, -0.15) is 23.3 Å². The van der Waals surface area contributed by atoms with E-state index >= 15 is 0 Å². The standard InChI is InChI=1S/C16H11F4N3O2/c17-11-6-4-10(5-7-11)15(25)9-13(16(18,19)20)22-23(15)14(24)12-3-1-2-8-21-12/h1-8,25H,9H2/t15-/m1/s1. The molecule has 25 heavy (non-hydrogen) atoms. The maximum absolute atomic E-state index is 13.1. The minimum absolute atomic E-state index is 0.0961. The number of halogens is 4. The predicted octanol–water partition coefficient (Wildman–Crippen LogP) is 2.83. The van der Waals surface area contributed by atoms with Crippen LogP contribution >= 0.6 is 0 Å². The van der Waals surface area contributed by atoms with E-state index in [1.54, 1.807) is 0 Å². The van der Waals surface area contributed by atoms with Gasteiger partial charge in [0.1, 0.15) is 17.2 Å². The highest BCUT2D eigenvalue weighted by atomic mass is 19.4. The van der Waals surface area contributed by atoms with Gasteiger partial charge in [0.25, 0.3) is 5.91 Å². The Balaban J connectivity index is 2.07. The van der Waals surface area contributed by atoms with Crippen molar-refractivity contribution < 1.29 is 27.5 Å². The summed E-state index contributed by atoms with van der Waals surface area (Å²) in [6, 6.07) is 8.43. The summed E-state index contributed by atoms with van der Waals surface area (Å²) in [6.45, 7) is 0. The van der Waals surface area contributed by atoms with Crippen LogP contribution in [0.4, 0.5) is 17.6 Å². The molecule has 1 aliphatic heterocycles. The number of nitrogens with zero attached hydrogens (tertiary/aromatic N) is 3. The minimum atomic E-state index is -4.83. The van der Waals surface area contributed by atoms with Crippen LogP contribution in [-0.2, 0) is 5.72 Å². The molecule has 9 heteroatoms. The normalized spacial score (nSPS) is 20.5. The molecule has 1 aliphatic rings. The molecule has 0 bridgehead atoms. The van der Waals surface area contributed by atoms with E-state index in [2.05, 4.69) is 10.1 Å². The molecule has 130 valence electrons. The van der Waals surface area contributed by atoms with E-state index in [9.17, 15) is 27.5 Å². The lowest BCUT2D eigenvalue weighted by molar-refractivity contribution is -0.0818. The summed E-state index contributed by atoms with van der Waals surface area (Å²) in [5.74, 6) is -1.64. The van der Waals surface area contributed by atoms with E-state index < -0.39 is 35.8 Å². The number of aliphatic hydroxyl groups is 1. The summed E-state index contributed by atoms with van der Waals surface area (Å²) >= 11 is 0. The van der Waals surface area contributed by atoms with Crippen molar-refractivity contribution in [1.82, 2.24) is 9.99 Å². The van der Waals surface area contributed by atoms with Gasteiger partial charge in [-0.3, -0.25) is 9.78 Å². The van der Waals surface area contributed by atoms with Crippen LogP contribution < -0.4 is 0 Å². The zero-order valence-corrected chi connectivity index (χ0v) is 12.5. The number of aromatic nitrogens is 1. The van der Waals surface area contributed by atoms with Crippen molar-refractivity contribution in [2.75, 3.05) is 0 Å². The van der Waals surface area contributed by atoms with Gasteiger partial charge in [-0.1, -0.05) is 18.2 Å². The van der Waals surface area contributed by atoms with E-state index in [4.69, 9.17) is 0 Å². The van der Waals surface area contributed by atoms with Crippen LogP contribution in [0.2, 0.25) is 0 Å². The first-order valence-electron chi connectivity index (χ1n) is 7.10. The van der Waals surface area contributed by atoms with Crippen LogP contribution in [0.25, 0.3) is 0 Å². The zero-order valence-electron chi connectivity index (χ0n) is 12.5. The first-order chi connectivity index (χ1) is 11.7. The van der Waals surface area contributed by atoms with Gasteiger partial charge in [-0.15, -0.1) is 0 Å². The smallest absolute Gasteiger partial charge is 0.365 e. The molecule has 0 radical (unpaired) electrons. The second kappa shape index (κ2) is 5.92. The molecule has 0 fully saturated rings. The highest BCUT2D eigenvalue weighted by molar-refractivity contribution is 5.98. The van der Waals surface area contributed by atoms with Gasteiger partial charge < -0.3 is 5.11 Å². The number of alkyl halides is 3. The summed E-state index contributed by atoms with van der Waals surface area (Å²) in [7, 11) is 0. The second-order valence-corrected chi connectivity index (χ2v) is 5.38. The van der Waals surface area contributed by atoms with Crippen molar-refractivity contribution in [3.8, 4) is 0 Å². The van der Waals surface area contributed by atoms with Gasteiger partial charge in [0.15, 0.2) is 5.72 Å². The van der Waals surface area contributed by atoms with Gasteiger partial charge in [-0.25, -0.2) is 4.39 Å². The fourth-order valence-corrected chi connectivity index (χ4v) is 2.46. The van der Waals surface area contributed by atoms with Gasteiger partial charge in [0.2, 0.25) is 0 Å². The average molecular weight is 353 g/mol. The molecule has 3 rings (SSSR count). The van der Waals surface area contributed by atoms with Crippen molar-refractivity contribution in [1.29, 1.82) is 0 Å². The molecular formula is C16H11F4N3O2. The summed E-state index contributed by atoms with van der Waals surface area (Å²) in [5, 5.41) is 14.4. The maximum atomic E-state index is 13.1. The lowest BCUT2D eigenvalue weighted by Gasteiger charge is -2.31. The molecule has 2 aromatic rings. The van der Waals surface area contributed by atoms with Crippen molar-refractivity contribution in [3.63, 3.8) is 0 Å². The van der Waals surface area contributed by atoms with E-state index in [1.807, 2.05) is 0 Å². The Morgan fingerprint density at radius 3 is 2.40 bits per heavy atom. The topological polar surface area (TPSA) is 65.8 Å². The molecule has 1 aromatic heterocycles. The molecule has 0 saturated carbocycles. The molecule has 0 aliphatic carbocycles. The molecule has 2 heterocycles. The van der Waals surface area contributed by atoms with Crippen LogP contribution in [0.5, 0.6) is 0 Å². The first-order valence-corrected chi connectivity index (χ1v) is 7.10. The third-order valence-corrected chi connectivity index (χ3v) is 3.70.